The number of hydrogen-bond acceptors (Lipinski definition) is 7. The van der Waals surface area contributed by atoms with Crippen molar-refractivity contribution < 1.29 is 17.7 Å². The van der Waals surface area contributed by atoms with Gasteiger partial charge in [-0.2, -0.15) is 4.98 Å². The molecule has 0 atom stereocenters. The monoisotopic (exact) mass is 379 g/mol. The van der Waals surface area contributed by atoms with Crippen molar-refractivity contribution in [2.24, 2.45) is 0 Å². The van der Waals surface area contributed by atoms with Crippen LogP contribution in [0.4, 0.5) is 0 Å². The molecule has 0 unspecified atom stereocenters. The molecule has 3 rings (SSSR count). The maximum atomic E-state index is 12.6. The van der Waals surface area contributed by atoms with Crippen molar-refractivity contribution in [2.75, 3.05) is 7.11 Å². The number of thiophene rings is 1. The fourth-order valence-electron chi connectivity index (χ4n) is 2.35. The zero-order chi connectivity index (χ0) is 18.0. The Hall–Kier alpha value is -2.23. The average molecular weight is 379 g/mol. The smallest absolute Gasteiger partial charge is 0.242 e. The van der Waals surface area contributed by atoms with Crippen LogP contribution in [0.5, 0.6) is 5.75 Å². The van der Waals surface area contributed by atoms with Crippen LogP contribution in [0.25, 0.3) is 10.7 Å². The van der Waals surface area contributed by atoms with Gasteiger partial charge in [0, 0.05) is 0 Å². The van der Waals surface area contributed by atoms with Gasteiger partial charge in [0.25, 0.3) is 0 Å². The lowest BCUT2D eigenvalue weighted by molar-refractivity contribution is 0.376. The zero-order valence-electron chi connectivity index (χ0n) is 13.9. The molecule has 0 aliphatic rings. The van der Waals surface area contributed by atoms with Gasteiger partial charge in [0.1, 0.15) is 5.75 Å². The van der Waals surface area contributed by atoms with Crippen LogP contribution in [-0.2, 0) is 16.6 Å². The first-order chi connectivity index (χ1) is 11.9. The van der Waals surface area contributed by atoms with Gasteiger partial charge >= 0.3 is 0 Å². The second-order valence-corrected chi connectivity index (χ2v) is 8.01. The molecule has 2 aromatic heterocycles. The number of hydrogen-bond donors (Lipinski definition) is 1. The molecule has 0 fully saturated rings. The highest BCUT2D eigenvalue weighted by molar-refractivity contribution is 7.89. The fourth-order valence-corrected chi connectivity index (χ4v) is 4.27. The Morgan fingerprint density at radius 1 is 1.24 bits per heavy atom. The number of nitrogens with zero attached hydrogens (tertiary/aromatic N) is 2. The van der Waals surface area contributed by atoms with Gasteiger partial charge in [-0.1, -0.05) is 11.2 Å². The standard InChI is InChI=1S/C16H17N3O4S2/c1-10-11(2)14(7-6-12(10)22-3)25(20,21)17-9-15-18-16(19-23-15)13-5-4-8-24-13/h4-8,17H,9H2,1-3H3. The first kappa shape index (κ1) is 17.6. The van der Waals surface area contributed by atoms with Gasteiger partial charge in [-0.3, -0.25) is 0 Å². The molecule has 0 bridgehead atoms. The normalized spacial score (nSPS) is 11.6. The fraction of sp³-hybridized carbons (Fsp3) is 0.250. The van der Waals surface area contributed by atoms with Crippen LogP contribution in [0.2, 0.25) is 0 Å². The van der Waals surface area contributed by atoms with Gasteiger partial charge in [0.2, 0.25) is 21.7 Å². The summed E-state index contributed by atoms with van der Waals surface area (Å²) in [4.78, 5) is 5.26. The zero-order valence-corrected chi connectivity index (χ0v) is 15.6. The van der Waals surface area contributed by atoms with Crippen LogP contribution < -0.4 is 9.46 Å². The van der Waals surface area contributed by atoms with Crippen LogP contribution >= 0.6 is 11.3 Å². The number of rotatable bonds is 6. The van der Waals surface area contributed by atoms with Crippen LogP contribution in [0.1, 0.15) is 17.0 Å². The Morgan fingerprint density at radius 3 is 2.72 bits per heavy atom. The largest absolute Gasteiger partial charge is 0.496 e. The maximum Gasteiger partial charge on any atom is 0.242 e. The van der Waals surface area contributed by atoms with Crippen LogP contribution in [0.15, 0.2) is 39.1 Å². The van der Waals surface area contributed by atoms with Crippen molar-refractivity contribution in [1.29, 1.82) is 0 Å². The molecule has 0 radical (unpaired) electrons. The molecule has 0 saturated carbocycles. The Balaban J connectivity index is 1.78. The van der Waals surface area contributed by atoms with E-state index in [9.17, 15) is 8.42 Å². The second-order valence-electron chi connectivity index (χ2n) is 5.33. The molecule has 0 spiro atoms. The summed E-state index contributed by atoms with van der Waals surface area (Å²) < 4.78 is 38.0. The lowest BCUT2D eigenvalue weighted by Crippen LogP contribution is -2.24. The van der Waals surface area contributed by atoms with E-state index in [1.54, 1.807) is 20.1 Å². The van der Waals surface area contributed by atoms with E-state index in [-0.39, 0.29) is 17.3 Å². The van der Waals surface area contributed by atoms with Crippen molar-refractivity contribution in [3.05, 3.63) is 46.7 Å². The van der Waals surface area contributed by atoms with Gasteiger partial charge in [-0.15, -0.1) is 11.3 Å². The van der Waals surface area contributed by atoms with E-state index < -0.39 is 10.0 Å². The summed E-state index contributed by atoms with van der Waals surface area (Å²) in [5, 5.41) is 5.76. The Bertz CT molecular complexity index is 979. The second kappa shape index (κ2) is 6.95. The first-order valence-corrected chi connectivity index (χ1v) is 9.79. The molecular weight excluding hydrogens is 362 g/mol. The van der Waals surface area contributed by atoms with Crippen LogP contribution in [-0.4, -0.2) is 25.7 Å². The number of nitrogens with one attached hydrogen (secondary N) is 1. The lowest BCUT2D eigenvalue weighted by atomic mass is 10.1. The summed E-state index contributed by atoms with van der Waals surface area (Å²) in [7, 11) is -2.16. The number of ether oxygens (including phenoxy) is 1. The van der Waals surface area contributed by atoms with Crippen molar-refractivity contribution in [2.45, 2.75) is 25.3 Å². The molecule has 0 saturated heterocycles. The highest BCUT2D eigenvalue weighted by Gasteiger charge is 2.20. The van der Waals surface area contributed by atoms with E-state index in [0.29, 0.717) is 17.1 Å². The topological polar surface area (TPSA) is 94.3 Å². The summed E-state index contributed by atoms with van der Waals surface area (Å²) in [6, 6.07) is 6.91. The van der Waals surface area contributed by atoms with Gasteiger partial charge in [0.05, 0.1) is 23.4 Å². The van der Waals surface area contributed by atoms with Gasteiger partial charge in [-0.25, -0.2) is 13.1 Å². The van der Waals surface area contributed by atoms with Gasteiger partial charge < -0.3 is 9.26 Å². The van der Waals surface area contributed by atoms with E-state index in [0.717, 1.165) is 10.4 Å². The molecule has 1 aromatic carbocycles. The Morgan fingerprint density at radius 2 is 2.04 bits per heavy atom. The van der Waals surface area contributed by atoms with Crippen molar-refractivity contribution in [3.63, 3.8) is 0 Å². The molecular formula is C16H17N3O4S2. The van der Waals surface area contributed by atoms with Crippen LogP contribution in [0.3, 0.4) is 0 Å². The third kappa shape index (κ3) is 3.58. The highest BCUT2D eigenvalue weighted by Crippen LogP contribution is 2.27. The molecule has 0 amide bonds. The minimum Gasteiger partial charge on any atom is -0.496 e. The molecule has 0 aliphatic heterocycles. The molecule has 25 heavy (non-hydrogen) atoms. The number of sulfonamides is 1. The van der Waals surface area contributed by atoms with Gasteiger partial charge in [-0.05, 0) is 48.6 Å². The summed E-state index contributed by atoms with van der Waals surface area (Å²) in [5.74, 6) is 1.30. The summed E-state index contributed by atoms with van der Waals surface area (Å²) in [6.07, 6.45) is 0. The van der Waals surface area contributed by atoms with Crippen molar-refractivity contribution >= 4 is 21.4 Å². The Labute approximate surface area is 149 Å². The maximum absolute atomic E-state index is 12.6. The molecule has 2 heterocycles. The predicted molar refractivity (Wildman–Crippen MR) is 94.1 cm³/mol. The number of methoxy groups -OCH3 is 1. The molecule has 7 nitrogen and oxygen atoms in total. The van der Waals surface area contributed by atoms with E-state index in [1.807, 2.05) is 24.4 Å². The quantitative estimate of drug-likeness (QED) is 0.708. The molecule has 0 aliphatic carbocycles. The number of aromatic nitrogens is 2. The van der Waals surface area contributed by atoms with E-state index in [1.165, 1.54) is 17.4 Å². The minimum atomic E-state index is -3.71. The summed E-state index contributed by atoms with van der Waals surface area (Å²) in [5.41, 5.74) is 1.42. The molecule has 3 aromatic rings. The van der Waals surface area contributed by atoms with Gasteiger partial charge in [0.15, 0.2) is 0 Å². The molecule has 132 valence electrons. The van der Waals surface area contributed by atoms with E-state index in [4.69, 9.17) is 9.26 Å². The summed E-state index contributed by atoms with van der Waals surface area (Å²) in [6.45, 7) is 3.48. The average Bonchev–Trinajstić information content (AvgIpc) is 3.26. The third-order valence-electron chi connectivity index (χ3n) is 3.82. The number of benzene rings is 1. The molecule has 1 N–H and O–H groups in total. The summed E-state index contributed by atoms with van der Waals surface area (Å²) >= 11 is 1.48. The highest BCUT2D eigenvalue weighted by atomic mass is 32.2. The van der Waals surface area contributed by atoms with Crippen molar-refractivity contribution in [1.82, 2.24) is 14.9 Å². The molecule has 9 heteroatoms. The Kier molecular flexibility index (Phi) is 4.89. The van der Waals surface area contributed by atoms with E-state index >= 15 is 0 Å². The first-order valence-electron chi connectivity index (χ1n) is 7.42. The predicted octanol–water partition coefficient (Wildman–Crippen LogP) is 2.90. The minimum absolute atomic E-state index is 0.0781. The lowest BCUT2D eigenvalue weighted by Gasteiger charge is -2.13. The van der Waals surface area contributed by atoms with Crippen LogP contribution in [0, 0.1) is 13.8 Å². The SMILES string of the molecule is COc1ccc(S(=O)(=O)NCc2nc(-c3cccs3)no2)c(C)c1C. The van der Waals surface area contributed by atoms with E-state index in [2.05, 4.69) is 14.9 Å². The van der Waals surface area contributed by atoms with Crippen molar-refractivity contribution in [3.8, 4) is 16.5 Å². The third-order valence-corrected chi connectivity index (χ3v) is 6.23.